The summed E-state index contributed by atoms with van der Waals surface area (Å²) in [6.07, 6.45) is 3.07. The average Bonchev–Trinajstić information content (AvgIpc) is 2.73. The maximum atomic E-state index is 12.9. The van der Waals surface area contributed by atoms with E-state index in [4.69, 9.17) is 0 Å². The summed E-state index contributed by atoms with van der Waals surface area (Å²) in [7, 11) is -3.71. The third-order valence-corrected chi connectivity index (χ3v) is 6.43. The standard InChI is InChI=1S/C22H25FN2O4S/c23-20-9-7-17(8-10-20)14-24-21(26)16-30(28,29)15-18-5-4-6-19(13-18)22(27)25-11-2-1-3-12-25/h4-10,13H,1-3,11-12,14-16H2,(H,24,26). The van der Waals surface area contributed by atoms with Crippen LogP contribution in [0.1, 0.15) is 40.7 Å². The molecule has 1 fully saturated rings. The molecule has 0 unspecified atom stereocenters. The highest BCUT2D eigenvalue weighted by Crippen LogP contribution is 2.16. The Balaban J connectivity index is 1.57. The monoisotopic (exact) mass is 432 g/mol. The lowest BCUT2D eigenvalue weighted by molar-refractivity contribution is -0.118. The molecule has 0 spiro atoms. The highest BCUT2D eigenvalue weighted by Gasteiger charge is 2.21. The number of hydrogen-bond acceptors (Lipinski definition) is 4. The lowest BCUT2D eigenvalue weighted by atomic mass is 10.1. The SMILES string of the molecule is O=C(CS(=O)(=O)Cc1cccc(C(=O)N2CCCCC2)c1)NCc1ccc(F)cc1. The van der Waals surface area contributed by atoms with Crippen molar-refractivity contribution < 1.29 is 22.4 Å². The summed E-state index contributed by atoms with van der Waals surface area (Å²) in [6.45, 7) is 1.56. The van der Waals surface area contributed by atoms with Crippen molar-refractivity contribution in [2.75, 3.05) is 18.8 Å². The third-order valence-electron chi connectivity index (χ3n) is 4.96. The van der Waals surface area contributed by atoms with Crippen molar-refractivity contribution in [3.63, 3.8) is 0 Å². The van der Waals surface area contributed by atoms with E-state index in [0.29, 0.717) is 16.7 Å². The van der Waals surface area contributed by atoms with Gasteiger partial charge in [-0.15, -0.1) is 0 Å². The molecular weight excluding hydrogens is 407 g/mol. The van der Waals surface area contributed by atoms with Crippen molar-refractivity contribution in [2.45, 2.75) is 31.6 Å². The molecule has 6 nitrogen and oxygen atoms in total. The van der Waals surface area contributed by atoms with Crippen LogP contribution in [0.3, 0.4) is 0 Å². The second-order valence-corrected chi connectivity index (χ2v) is 9.55. The van der Waals surface area contributed by atoms with E-state index >= 15 is 0 Å². The Hall–Kier alpha value is -2.74. The van der Waals surface area contributed by atoms with E-state index in [0.717, 1.165) is 32.4 Å². The maximum Gasteiger partial charge on any atom is 0.253 e. The van der Waals surface area contributed by atoms with E-state index in [1.807, 2.05) is 0 Å². The fourth-order valence-corrected chi connectivity index (χ4v) is 4.72. The first kappa shape index (κ1) is 22.0. The average molecular weight is 433 g/mol. The largest absolute Gasteiger partial charge is 0.351 e. The summed E-state index contributed by atoms with van der Waals surface area (Å²) in [6, 6.07) is 12.2. The number of carbonyl (C=O) groups is 2. The Morgan fingerprint density at radius 1 is 0.967 bits per heavy atom. The first-order valence-corrected chi connectivity index (χ1v) is 11.7. The quantitative estimate of drug-likeness (QED) is 0.729. The topological polar surface area (TPSA) is 83.5 Å². The molecule has 160 valence electrons. The van der Waals surface area contributed by atoms with Crippen LogP contribution in [-0.2, 0) is 26.9 Å². The molecular formula is C22H25FN2O4S. The number of nitrogens with zero attached hydrogens (tertiary/aromatic N) is 1. The van der Waals surface area contributed by atoms with Gasteiger partial charge in [-0.2, -0.15) is 0 Å². The normalized spacial score (nSPS) is 14.4. The van der Waals surface area contributed by atoms with Gasteiger partial charge in [0.2, 0.25) is 5.91 Å². The van der Waals surface area contributed by atoms with Crippen LogP contribution >= 0.6 is 0 Å². The summed E-state index contributed by atoms with van der Waals surface area (Å²) in [5, 5.41) is 2.53. The van der Waals surface area contributed by atoms with E-state index in [2.05, 4.69) is 5.32 Å². The summed E-state index contributed by atoms with van der Waals surface area (Å²) in [5.41, 5.74) is 1.61. The molecule has 2 aromatic rings. The molecule has 2 aromatic carbocycles. The molecule has 1 heterocycles. The number of hydrogen-bond donors (Lipinski definition) is 1. The molecule has 1 N–H and O–H groups in total. The Morgan fingerprint density at radius 2 is 1.67 bits per heavy atom. The van der Waals surface area contributed by atoms with Crippen LogP contribution in [0.4, 0.5) is 4.39 Å². The van der Waals surface area contributed by atoms with Gasteiger partial charge in [-0.3, -0.25) is 9.59 Å². The van der Waals surface area contributed by atoms with Crippen LogP contribution in [0.25, 0.3) is 0 Å². The molecule has 1 saturated heterocycles. The minimum Gasteiger partial charge on any atom is -0.351 e. The number of piperidine rings is 1. The molecule has 0 saturated carbocycles. The molecule has 0 radical (unpaired) electrons. The van der Waals surface area contributed by atoms with Crippen LogP contribution in [0.2, 0.25) is 0 Å². The van der Waals surface area contributed by atoms with Gasteiger partial charge >= 0.3 is 0 Å². The number of carbonyl (C=O) groups excluding carboxylic acids is 2. The fraction of sp³-hybridized carbons (Fsp3) is 0.364. The molecule has 0 atom stereocenters. The summed E-state index contributed by atoms with van der Waals surface area (Å²) >= 11 is 0. The van der Waals surface area contributed by atoms with E-state index in [9.17, 15) is 22.4 Å². The van der Waals surface area contributed by atoms with Crippen LogP contribution < -0.4 is 5.32 Å². The Labute approximate surface area is 176 Å². The Morgan fingerprint density at radius 3 is 2.37 bits per heavy atom. The van der Waals surface area contributed by atoms with Gasteiger partial charge in [0.1, 0.15) is 11.6 Å². The number of amides is 2. The summed E-state index contributed by atoms with van der Waals surface area (Å²) in [4.78, 5) is 26.5. The van der Waals surface area contributed by atoms with Gasteiger partial charge in [0.25, 0.3) is 5.91 Å². The second-order valence-electron chi connectivity index (χ2n) is 7.49. The smallest absolute Gasteiger partial charge is 0.253 e. The summed E-state index contributed by atoms with van der Waals surface area (Å²) in [5.74, 6) is -2.07. The van der Waals surface area contributed by atoms with Gasteiger partial charge in [-0.05, 0) is 54.7 Å². The Kier molecular flexibility index (Phi) is 7.20. The zero-order valence-electron chi connectivity index (χ0n) is 16.6. The molecule has 0 aliphatic carbocycles. The lowest BCUT2D eigenvalue weighted by Gasteiger charge is -2.26. The molecule has 3 rings (SSSR count). The lowest BCUT2D eigenvalue weighted by Crippen LogP contribution is -2.35. The van der Waals surface area contributed by atoms with Crippen molar-refractivity contribution in [1.82, 2.24) is 10.2 Å². The highest BCUT2D eigenvalue weighted by molar-refractivity contribution is 7.91. The van der Waals surface area contributed by atoms with Crippen molar-refractivity contribution in [3.8, 4) is 0 Å². The van der Waals surface area contributed by atoms with Crippen LogP contribution in [0.5, 0.6) is 0 Å². The van der Waals surface area contributed by atoms with E-state index in [1.165, 1.54) is 24.3 Å². The van der Waals surface area contributed by atoms with Crippen LogP contribution in [-0.4, -0.2) is 44.0 Å². The fourth-order valence-electron chi connectivity index (χ4n) is 3.43. The number of sulfone groups is 1. The number of nitrogens with one attached hydrogen (secondary N) is 1. The molecule has 0 aromatic heterocycles. The predicted octanol–water partition coefficient (Wildman–Crippen LogP) is 2.68. The number of benzene rings is 2. The molecule has 2 amide bonds. The third kappa shape index (κ3) is 6.38. The molecule has 30 heavy (non-hydrogen) atoms. The highest BCUT2D eigenvalue weighted by atomic mass is 32.2. The molecule has 0 bridgehead atoms. The minimum absolute atomic E-state index is 0.0917. The first-order chi connectivity index (χ1) is 14.3. The van der Waals surface area contributed by atoms with Gasteiger partial charge in [0, 0.05) is 25.2 Å². The van der Waals surface area contributed by atoms with Gasteiger partial charge < -0.3 is 10.2 Å². The Bertz CT molecular complexity index is 1000. The maximum absolute atomic E-state index is 12.9. The van der Waals surface area contributed by atoms with Gasteiger partial charge in [0.15, 0.2) is 9.84 Å². The predicted molar refractivity (Wildman–Crippen MR) is 112 cm³/mol. The van der Waals surface area contributed by atoms with E-state index in [1.54, 1.807) is 29.2 Å². The number of halogens is 1. The van der Waals surface area contributed by atoms with Gasteiger partial charge in [-0.1, -0.05) is 24.3 Å². The van der Waals surface area contributed by atoms with Crippen molar-refractivity contribution >= 4 is 21.7 Å². The number of likely N-dealkylation sites (tertiary alicyclic amines) is 1. The zero-order chi connectivity index (χ0) is 21.6. The van der Waals surface area contributed by atoms with Crippen molar-refractivity contribution in [1.29, 1.82) is 0 Å². The number of rotatable bonds is 7. The van der Waals surface area contributed by atoms with Gasteiger partial charge in [0.05, 0.1) is 5.75 Å². The minimum atomic E-state index is -3.71. The van der Waals surface area contributed by atoms with Gasteiger partial charge in [-0.25, -0.2) is 12.8 Å². The second kappa shape index (κ2) is 9.84. The summed E-state index contributed by atoms with van der Waals surface area (Å²) < 4.78 is 37.8. The van der Waals surface area contributed by atoms with Crippen LogP contribution in [0.15, 0.2) is 48.5 Å². The van der Waals surface area contributed by atoms with E-state index < -0.39 is 21.5 Å². The van der Waals surface area contributed by atoms with Crippen molar-refractivity contribution in [2.24, 2.45) is 0 Å². The molecule has 1 aliphatic rings. The molecule has 1 aliphatic heterocycles. The first-order valence-electron chi connectivity index (χ1n) is 9.92. The van der Waals surface area contributed by atoms with E-state index in [-0.39, 0.29) is 24.0 Å². The zero-order valence-corrected chi connectivity index (χ0v) is 17.5. The van der Waals surface area contributed by atoms with Crippen LogP contribution in [0, 0.1) is 5.82 Å². The molecule has 8 heteroatoms. The van der Waals surface area contributed by atoms with Crippen molar-refractivity contribution in [3.05, 3.63) is 71.0 Å².